The molecule has 2 aromatic heterocycles. The van der Waals surface area contributed by atoms with E-state index in [0.29, 0.717) is 17.2 Å². The summed E-state index contributed by atoms with van der Waals surface area (Å²) in [5.74, 6) is -5.07. The molecule has 224 valence electrons. The first-order chi connectivity index (χ1) is 20.3. The van der Waals surface area contributed by atoms with E-state index in [9.17, 15) is 35.9 Å². The summed E-state index contributed by atoms with van der Waals surface area (Å²) in [6, 6.07) is 10.4. The number of nitrogens with two attached hydrogens (primary N) is 1. The summed E-state index contributed by atoms with van der Waals surface area (Å²) in [5, 5.41) is 6.32. The number of nitrogens with one attached hydrogen (secondary N) is 1. The Labute approximate surface area is 240 Å². The van der Waals surface area contributed by atoms with Gasteiger partial charge in [-0.2, -0.15) is 18.3 Å². The van der Waals surface area contributed by atoms with E-state index >= 15 is 0 Å². The molecule has 2 atom stereocenters. The average Bonchev–Trinajstić information content (AvgIpc) is 3.51. The van der Waals surface area contributed by atoms with Gasteiger partial charge in [0.25, 0.3) is 5.91 Å². The third-order valence-corrected chi connectivity index (χ3v) is 7.12. The van der Waals surface area contributed by atoms with Gasteiger partial charge in [0.1, 0.15) is 24.0 Å². The molecule has 1 fully saturated rings. The van der Waals surface area contributed by atoms with E-state index in [4.69, 9.17) is 10.5 Å². The molecular weight excluding hydrogens is 580 g/mol. The number of alkyl halides is 3. The first kappa shape index (κ1) is 29.8. The van der Waals surface area contributed by atoms with E-state index in [1.165, 1.54) is 25.4 Å². The van der Waals surface area contributed by atoms with Gasteiger partial charge in [-0.3, -0.25) is 19.3 Å². The summed E-state index contributed by atoms with van der Waals surface area (Å²) >= 11 is 0. The van der Waals surface area contributed by atoms with Gasteiger partial charge in [-0.1, -0.05) is 12.1 Å². The number of pyridine rings is 1. The van der Waals surface area contributed by atoms with Crippen molar-refractivity contribution in [2.75, 3.05) is 7.11 Å². The van der Waals surface area contributed by atoms with Crippen molar-refractivity contribution in [3.63, 3.8) is 0 Å². The molecule has 2 heterocycles. The first-order valence-electron chi connectivity index (χ1n) is 12.8. The number of methoxy groups -OCH3 is 1. The van der Waals surface area contributed by atoms with Crippen LogP contribution in [0.3, 0.4) is 0 Å². The number of carbonyl (C=O) groups is 2. The summed E-state index contributed by atoms with van der Waals surface area (Å²) in [5.41, 5.74) is 3.38. The maximum absolute atomic E-state index is 14.3. The Balaban J connectivity index is 1.57. The van der Waals surface area contributed by atoms with Crippen molar-refractivity contribution >= 4 is 11.8 Å². The lowest BCUT2D eigenvalue weighted by Gasteiger charge is -2.23. The second kappa shape index (κ2) is 11.2. The molecule has 8 nitrogen and oxygen atoms in total. The number of nitrogens with zero attached hydrogens (tertiary/aromatic N) is 3. The highest BCUT2D eigenvalue weighted by Gasteiger charge is 2.59. The Morgan fingerprint density at radius 1 is 1.09 bits per heavy atom. The van der Waals surface area contributed by atoms with Gasteiger partial charge >= 0.3 is 6.18 Å². The zero-order valence-corrected chi connectivity index (χ0v) is 22.4. The number of amides is 2. The van der Waals surface area contributed by atoms with Crippen molar-refractivity contribution < 1.29 is 40.7 Å². The maximum atomic E-state index is 14.3. The fourth-order valence-corrected chi connectivity index (χ4v) is 5.20. The summed E-state index contributed by atoms with van der Waals surface area (Å²) < 4.78 is 88.5. The zero-order chi connectivity index (χ0) is 31.1. The van der Waals surface area contributed by atoms with Gasteiger partial charge in [0, 0.05) is 30.9 Å². The minimum Gasteiger partial charge on any atom is -0.378 e. The lowest BCUT2D eigenvalue weighted by Crippen LogP contribution is -2.39. The van der Waals surface area contributed by atoms with Crippen molar-refractivity contribution in [3.05, 3.63) is 106 Å². The molecule has 0 spiro atoms. The van der Waals surface area contributed by atoms with Crippen LogP contribution in [0.2, 0.25) is 0 Å². The number of ether oxygens (including phenoxy) is 1. The Bertz CT molecular complexity index is 1700. The standard InChI is InChI=1S/C29H23F6N5O3/c1-43-14-19-11-24(29(33,34)35)39-40(19)13-25(41)38-28(12-22(28)16-7-17(30)10-18(31)8-16)26-20(3-2-6-37-26)15-4-5-23(32)21(9-15)27(36)42/h2-11,22H,12-14H2,1H3,(H2,36,42)(H,38,41). The van der Waals surface area contributed by atoms with E-state index in [-0.39, 0.29) is 30.0 Å². The van der Waals surface area contributed by atoms with Crippen LogP contribution in [-0.2, 0) is 34.4 Å². The molecule has 5 rings (SSSR count). The maximum Gasteiger partial charge on any atom is 0.435 e. The molecule has 0 saturated heterocycles. The predicted octanol–water partition coefficient (Wildman–Crippen LogP) is 4.83. The molecule has 0 bridgehead atoms. The number of carbonyl (C=O) groups excluding carboxylic acids is 2. The van der Waals surface area contributed by atoms with Crippen LogP contribution in [0.4, 0.5) is 26.3 Å². The molecule has 2 unspecified atom stereocenters. The molecule has 4 aromatic rings. The van der Waals surface area contributed by atoms with Gasteiger partial charge in [-0.25, -0.2) is 13.2 Å². The fourth-order valence-electron chi connectivity index (χ4n) is 5.20. The molecule has 2 amide bonds. The minimum absolute atomic E-state index is 0.0117. The van der Waals surface area contributed by atoms with Crippen LogP contribution < -0.4 is 11.1 Å². The van der Waals surface area contributed by atoms with Crippen molar-refractivity contribution in [2.45, 2.75) is 37.2 Å². The van der Waals surface area contributed by atoms with Crippen LogP contribution in [0.25, 0.3) is 11.1 Å². The van der Waals surface area contributed by atoms with Crippen LogP contribution in [0.5, 0.6) is 0 Å². The van der Waals surface area contributed by atoms with Gasteiger partial charge in [-0.15, -0.1) is 0 Å². The third-order valence-electron chi connectivity index (χ3n) is 7.12. The molecule has 0 aliphatic heterocycles. The van der Waals surface area contributed by atoms with Crippen molar-refractivity contribution in [1.82, 2.24) is 20.1 Å². The Kier molecular flexibility index (Phi) is 7.73. The van der Waals surface area contributed by atoms with E-state index < -0.39 is 64.7 Å². The number of hydrogen-bond donors (Lipinski definition) is 2. The lowest BCUT2D eigenvalue weighted by atomic mass is 9.94. The number of halogens is 6. The SMILES string of the molecule is COCc1cc(C(F)(F)F)nn1CC(=O)NC1(c2ncccc2-c2ccc(F)c(C(N)=O)c2)CC1c1cc(F)cc(F)c1. The predicted molar refractivity (Wildman–Crippen MR) is 140 cm³/mol. The van der Waals surface area contributed by atoms with Gasteiger partial charge < -0.3 is 15.8 Å². The average molecular weight is 604 g/mol. The van der Waals surface area contributed by atoms with Gasteiger partial charge in [0.2, 0.25) is 5.91 Å². The van der Waals surface area contributed by atoms with Gasteiger partial charge in [0.15, 0.2) is 5.69 Å². The number of hydrogen-bond acceptors (Lipinski definition) is 5. The van der Waals surface area contributed by atoms with Gasteiger partial charge in [0.05, 0.1) is 29.1 Å². The Morgan fingerprint density at radius 3 is 2.47 bits per heavy atom. The fraction of sp³-hybridized carbons (Fsp3) is 0.241. The van der Waals surface area contributed by atoms with Crippen molar-refractivity contribution in [3.8, 4) is 11.1 Å². The Morgan fingerprint density at radius 2 is 1.81 bits per heavy atom. The van der Waals surface area contributed by atoms with E-state index in [1.807, 2.05) is 0 Å². The monoisotopic (exact) mass is 603 g/mol. The second-order valence-corrected chi connectivity index (χ2v) is 10.0. The number of aromatic nitrogens is 3. The van der Waals surface area contributed by atoms with Crippen LogP contribution in [0, 0.1) is 17.5 Å². The van der Waals surface area contributed by atoms with Crippen LogP contribution in [-0.4, -0.2) is 33.7 Å². The highest BCUT2D eigenvalue weighted by molar-refractivity contribution is 5.94. The lowest BCUT2D eigenvalue weighted by molar-refractivity contribution is -0.141. The molecule has 0 radical (unpaired) electrons. The largest absolute Gasteiger partial charge is 0.435 e. The first-order valence-corrected chi connectivity index (χ1v) is 12.8. The Hall–Kier alpha value is -4.72. The zero-order valence-electron chi connectivity index (χ0n) is 22.4. The van der Waals surface area contributed by atoms with Crippen LogP contribution in [0.1, 0.15) is 45.3 Å². The molecule has 2 aromatic carbocycles. The van der Waals surface area contributed by atoms with Gasteiger partial charge in [-0.05, 0) is 53.9 Å². The van der Waals surface area contributed by atoms with E-state index in [1.54, 1.807) is 12.1 Å². The molecule has 43 heavy (non-hydrogen) atoms. The quantitative estimate of drug-likeness (QED) is 0.267. The van der Waals surface area contributed by atoms with E-state index in [2.05, 4.69) is 15.4 Å². The summed E-state index contributed by atoms with van der Waals surface area (Å²) in [7, 11) is 1.27. The molecular formula is C29H23F6N5O3. The molecule has 1 aliphatic carbocycles. The number of rotatable bonds is 9. The summed E-state index contributed by atoms with van der Waals surface area (Å²) in [6.07, 6.45) is -3.25. The minimum atomic E-state index is -4.77. The second-order valence-electron chi connectivity index (χ2n) is 10.0. The normalized spacial score (nSPS) is 18.0. The van der Waals surface area contributed by atoms with Crippen LogP contribution >= 0.6 is 0 Å². The van der Waals surface area contributed by atoms with Crippen molar-refractivity contribution in [1.29, 1.82) is 0 Å². The highest BCUT2D eigenvalue weighted by atomic mass is 19.4. The number of primary amides is 1. The summed E-state index contributed by atoms with van der Waals surface area (Å²) in [4.78, 5) is 29.7. The number of benzene rings is 2. The summed E-state index contributed by atoms with van der Waals surface area (Å²) in [6.45, 7) is -0.908. The molecule has 3 N–H and O–H groups in total. The highest BCUT2D eigenvalue weighted by Crippen LogP contribution is 2.59. The third kappa shape index (κ3) is 5.95. The van der Waals surface area contributed by atoms with Crippen LogP contribution in [0.15, 0.2) is 60.8 Å². The van der Waals surface area contributed by atoms with Crippen molar-refractivity contribution in [2.24, 2.45) is 5.73 Å². The molecule has 14 heteroatoms. The topological polar surface area (TPSA) is 112 Å². The molecule has 1 saturated carbocycles. The van der Waals surface area contributed by atoms with E-state index in [0.717, 1.165) is 28.9 Å². The smallest absolute Gasteiger partial charge is 0.378 e. The molecule has 1 aliphatic rings.